The second kappa shape index (κ2) is 7.26. The molecule has 0 bridgehead atoms. The van der Waals surface area contributed by atoms with Gasteiger partial charge in [-0.15, -0.1) is 0 Å². The van der Waals surface area contributed by atoms with Gasteiger partial charge in [-0.1, -0.05) is 22.0 Å². The Bertz CT molecular complexity index is 822. The summed E-state index contributed by atoms with van der Waals surface area (Å²) in [5, 5.41) is 3.46. The number of nitrogens with one attached hydrogen (secondary N) is 2. The van der Waals surface area contributed by atoms with Crippen molar-refractivity contribution in [1.29, 1.82) is 0 Å². The van der Waals surface area contributed by atoms with Gasteiger partial charge in [-0.2, -0.15) is 0 Å². The number of imide groups is 1. The van der Waals surface area contributed by atoms with Crippen LogP contribution in [-0.4, -0.2) is 17.7 Å². The zero-order valence-corrected chi connectivity index (χ0v) is 13.3. The average Bonchev–Trinajstić information content (AvgIpc) is 2.49. The normalized spacial score (nSPS) is 10.2. The molecule has 0 spiro atoms. The number of benzene rings is 2. The number of hydrogen-bond donors (Lipinski definition) is 2. The van der Waals surface area contributed by atoms with E-state index in [0.29, 0.717) is 4.47 Å². The Morgan fingerprint density at radius 1 is 0.875 bits per heavy atom. The minimum absolute atomic E-state index is 0.303. The van der Waals surface area contributed by atoms with Crippen molar-refractivity contribution < 1.29 is 27.6 Å². The summed E-state index contributed by atoms with van der Waals surface area (Å²) in [6.45, 7) is 0. The van der Waals surface area contributed by atoms with Crippen LogP contribution in [0.25, 0.3) is 0 Å². The minimum atomic E-state index is -1.50. The summed E-state index contributed by atoms with van der Waals surface area (Å²) in [5.41, 5.74) is -1.31. The number of carbonyl (C=O) groups is 3. The van der Waals surface area contributed by atoms with E-state index in [0.717, 1.165) is 24.3 Å². The first-order valence-corrected chi connectivity index (χ1v) is 7.14. The smallest absolute Gasteiger partial charge is 0.315 e. The number of anilines is 1. The predicted molar refractivity (Wildman–Crippen MR) is 81.6 cm³/mol. The van der Waals surface area contributed by atoms with E-state index in [1.54, 1.807) is 0 Å². The van der Waals surface area contributed by atoms with Crippen molar-refractivity contribution in [3.8, 4) is 0 Å². The van der Waals surface area contributed by atoms with Crippen LogP contribution in [0.2, 0.25) is 0 Å². The third-order valence-electron chi connectivity index (χ3n) is 2.80. The van der Waals surface area contributed by atoms with E-state index in [1.165, 1.54) is 17.4 Å². The molecule has 0 fully saturated rings. The van der Waals surface area contributed by atoms with Gasteiger partial charge in [0, 0.05) is 4.47 Å². The Morgan fingerprint density at radius 3 is 2.08 bits per heavy atom. The fourth-order valence-electron chi connectivity index (χ4n) is 1.71. The van der Waals surface area contributed by atoms with Crippen molar-refractivity contribution in [1.82, 2.24) is 5.32 Å². The minimum Gasteiger partial charge on any atom is -0.315 e. The summed E-state index contributed by atoms with van der Waals surface area (Å²) in [5.74, 6) is -7.51. The maximum absolute atomic E-state index is 13.6. The summed E-state index contributed by atoms with van der Waals surface area (Å²) in [6, 6.07) is 6.32. The lowest BCUT2D eigenvalue weighted by molar-refractivity contribution is -0.135. The van der Waals surface area contributed by atoms with Gasteiger partial charge in [-0.05, 0) is 30.3 Å². The van der Waals surface area contributed by atoms with E-state index in [2.05, 4.69) is 15.9 Å². The Balaban J connectivity index is 2.09. The van der Waals surface area contributed by atoms with Crippen molar-refractivity contribution in [3.05, 3.63) is 63.9 Å². The molecule has 0 aliphatic rings. The first-order chi connectivity index (χ1) is 11.3. The third kappa shape index (κ3) is 3.99. The molecule has 3 amide bonds. The molecule has 9 heteroatoms. The van der Waals surface area contributed by atoms with Crippen molar-refractivity contribution in [2.24, 2.45) is 0 Å². The molecule has 0 heterocycles. The highest BCUT2D eigenvalue weighted by Crippen LogP contribution is 2.19. The standard InChI is InChI=1S/C15H8BrF3N2O3/c16-7-4-5-11(10(19)6-7)20-14(23)15(24)21-13(22)12-8(17)2-1-3-9(12)18/h1-6H,(H,20,23)(H,21,22,24). The fourth-order valence-corrected chi connectivity index (χ4v) is 2.04. The van der Waals surface area contributed by atoms with Gasteiger partial charge in [0.15, 0.2) is 0 Å². The van der Waals surface area contributed by atoms with Gasteiger partial charge in [0.2, 0.25) is 0 Å². The number of halogens is 4. The molecule has 124 valence electrons. The molecular weight excluding hydrogens is 393 g/mol. The zero-order chi connectivity index (χ0) is 17.9. The maximum Gasteiger partial charge on any atom is 0.316 e. The largest absolute Gasteiger partial charge is 0.316 e. The second-order valence-corrected chi connectivity index (χ2v) is 5.37. The van der Waals surface area contributed by atoms with Crippen LogP contribution in [0.3, 0.4) is 0 Å². The van der Waals surface area contributed by atoms with Gasteiger partial charge in [-0.25, -0.2) is 13.2 Å². The van der Waals surface area contributed by atoms with Crippen LogP contribution in [0, 0.1) is 17.5 Å². The van der Waals surface area contributed by atoms with Crippen LogP contribution < -0.4 is 10.6 Å². The van der Waals surface area contributed by atoms with Crippen LogP contribution >= 0.6 is 15.9 Å². The van der Waals surface area contributed by atoms with Gasteiger partial charge < -0.3 is 5.32 Å². The molecular formula is C15H8BrF3N2O3. The molecule has 5 nitrogen and oxygen atoms in total. The quantitative estimate of drug-likeness (QED) is 0.761. The van der Waals surface area contributed by atoms with E-state index < -0.39 is 40.7 Å². The van der Waals surface area contributed by atoms with Crippen LogP contribution in [0.15, 0.2) is 40.9 Å². The van der Waals surface area contributed by atoms with E-state index in [1.807, 2.05) is 5.32 Å². The van der Waals surface area contributed by atoms with Gasteiger partial charge >= 0.3 is 11.8 Å². The lowest BCUT2D eigenvalue weighted by atomic mass is 10.2. The highest BCUT2D eigenvalue weighted by molar-refractivity contribution is 9.10. The average molecular weight is 401 g/mol. The molecule has 0 saturated heterocycles. The molecule has 2 N–H and O–H groups in total. The van der Waals surface area contributed by atoms with E-state index >= 15 is 0 Å². The van der Waals surface area contributed by atoms with E-state index in [4.69, 9.17) is 0 Å². The first kappa shape index (κ1) is 17.7. The Morgan fingerprint density at radius 2 is 1.50 bits per heavy atom. The molecule has 0 saturated carbocycles. The molecule has 2 aromatic carbocycles. The number of carbonyl (C=O) groups excluding carboxylic acids is 3. The first-order valence-electron chi connectivity index (χ1n) is 6.35. The summed E-state index contributed by atoms with van der Waals surface area (Å²) in [4.78, 5) is 34.9. The molecule has 24 heavy (non-hydrogen) atoms. The van der Waals surface area contributed by atoms with Gasteiger partial charge in [0.1, 0.15) is 23.0 Å². The van der Waals surface area contributed by atoms with Crippen molar-refractivity contribution in [2.45, 2.75) is 0 Å². The van der Waals surface area contributed by atoms with Gasteiger partial charge in [0.25, 0.3) is 5.91 Å². The van der Waals surface area contributed by atoms with Crippen LogP contribution in [0.1, 0.15) is 10.4 Å². The summed E-state index contributed by atoms with van der Waals surface area (Å²) in [7, 11) is 0. The molecule has 0 aromatic heterocycles. The van der Waals surface area contributed by atoms with Crippen molar-refractivity contribution in [3.63, 3.8) is 0 Å². The number of rotatable bonds is 2. The Hall–Kier alpha value is -2.68. The second-order valence-electron chi connectivity index (χ2n) is 4.46. The molecule has 0 unspecified atom stereocenters. The molecule has 0 atom stereocenters. The monoisotopic (exact) mass is 400 g/mol. The Kier molecular flexibility index (Phi) is 5.35. The maximum atomic E-state index is 13.6. The van der Waals surface area contributed by atoms with Crippen molar-refractivity contribution >= 4 is 39.3 Å². The Labute approximate surface area is 142 Å². The number of amides is 3. The number of hydrogen-bond acceptors (Lipinski definition) is 3. The SMILES string of the molecule is O=C(NC(=O)c1c(F)cccc1F)C(=O)Nc1ccc(Br)cc1F. The van der Waals surface area contributed by atoms with Gasteiger partial charge in [0.05, 0.1) is 5.69 Å². The lowest BCUT2D eigenvalue weighted by Gasteiger charge is -2.08. The zero-order valence-electron chi connectivity index (χ0n) is 11.7. The lowest BCUT2D eigenvalue weighted by Crippen LogP contribution is -2.40. The predicted octanol–water partition coefficient (Wildman–Crippen LogP) is 2.76. The van der Waals surface area contributed by atoms with E-state index in [-0.39, 0.29) is 5.69 Å². The summed E-state index contributed by atoms with van der Waals surface area (Å²) in [6.07, 6.45) is 0. The van der Waals surface area contributed by atoms with Crippen LogP contribution in [0.4, 0.5) is 18.9 Å². The summed E-state index contributed by atoms with van der Waals surface area (Å²) >= 11 is 3.02. The van der Waals surface area contributed by atoms with Crippen LogP contribution in [0.5, 0.6) is 0 Å². The van der Waals surface area contributed by atoms with Crippen molar-refractivity contribution in [2.75, 3.05) is 5.32 Å². The molecule has 0 radical (unpaired) electrons. The van der Waals surface area contributed by atoms with Gasteiger partial charge in [-0.3, -0.25) is 19.7 Å². The molecule has 0 aliphatic heterocycles. The molecule has 0 aliphatic carbocycles. The molecule has 2 rings (SSSR count). The fraction of sp³-hybridized carbons (Fsp3) is 0. The highest BCUT2D eigenvalue weighted by Gasteiger charge is 2.23. The third-order valence-corrected chi connectivity index (χ3v) is 3.30. The topological polar surface area (TPSA) is 75.3 Å². The van der Waals surface area contributed by atoms with E-state index in [9.17, 15) is 27.6 Å². The van der Waals surface area contributed by atoms with Crippen LogP contribution in [-0.2, 0) is 9.59 Å². The summed E-state index contributed by atoms with van der Waals surface area (Å²) < 4.78 is 40.8. The molecule has 2 aromatic rings. The highest BCUT2D eigenvalue weighted by atomic mass is 79.9.